The average Bonchev–Trinajstić information content (AvgIpc) is 3.23. The summed E-state index contributed by atoms with van der Waals surface area (Å²) in [4.78, 5) is 12.8. The molecule has 0 radical (unpaired) electrons. The highest BCUT2D eigenvalue weighted by Gasteiger charge is 2.14. The van der Waals surface area contributed by atoms with Crippen LogP contribution in [-0.4, -0.2) is 38.4 Å². The zero-order chi connectivity index (χ0) is 23.0. The lowest BCUT2D eigenvalue weighted by atomic mass is 10.1. The van der Waals surface area contributed by atoms with E-state index in [0.29, 0.717) is 12.4 Å². The molecule has 0 aliphatic heterocycles. The van der Waals surface area contributed by atoms with Crippen molar-refractivity contribution in [3.8, 4) is 5.75 Å². The number of unbranched alkanes of at least 4 members (excludes halogenated alkanes) is 1. The van der Waals surface area contributed by atoms with E-state index in [9.17, 15) is 0 Å². The Kier molecular flexibility index (Phi) is 7.31. The summed E-state index contributed by atoms with van der Waals surface area (Å²) in [5, 5.41) is 11.4. The van der Waals surface area contributed by atoms with E-state index >= 15 is 0 Å². The molecule has 0 spiro atoms. The maximum Gasteiger partial charge on any atom is 0.222 e. The van der Waals surface area contributed by atoms with Crippen LogP contribution in [0.15, 0.2) is 48.9 Å². The average molecular weight is 447 g/mol. The number of hydrogen-bond acceptors (Lipinski definition) is 8. The topological polar surface area (TPSA) is 116 Å². The molecule has 0 bridgehead atoms. The number of rotatable bonds is 11. The van der Waals surface area contributed by atoms with Gasteiger partial charge >= 0.3 is 0 Å². The number of aromatic nitrogens is 5. The minimum absolute atomic E-state index is 0.238. The highest BCUT2D eigenvalue weighted by atomic mass is 16.5. The van der Waals surface area contributed by atoms with Gasteiger partial charge in [-0.25, -0.2) is 4.98 Å². The number of nitrogens with zero attached hydrogens (tertiary/aromatic N) is 5. The van der Waals surface area contributed by atoms with Crippen molar-refractivity contribution in [2.24, 2.45) is 0 Å². The first-order chi connectivity index (χ1) is 16.2. The molecule has 4 aromatic rings. The zero-order valence-electron chi connectivity index (χ0n) is 19.1. The lowest BCUT2D eigenvalue weighted by Crippen LogP contribution is -2.13. The molecular formula is C24H30N8O. The summed E-state index contributed by atoms with van der Waals surface area (Å²) in [7, 11) is 1.69. The number of fused-ring (bicyclic) bond motifs is 1. The number of nitrogens with one attached hydrogen (secondary N) is 2. The molecule has 1 aromatic carbocycles. The number of benzene rings is 1. The normalized spacial score (nSPS) is 11.1. The fourth-order valence-corrected chi connectivity index (χ4v) is 3.69. The van der Waals surface area contributed by atoms with Gasteiger partial charge in [0.1, 0.15) is 16.8 Å². The first kappa shape index (κ1) is 22.5. The van der Waals surface area contributed by atoms with Crippen molar-refractivity contribution in [1.29, 1.82) is 0 Å². The van der Waals surface area contributed by atoms with Crippen molar-refractivity contribution in [3.05, 3.63) is 65.6 Å². The third kappa shape index (κ3) is 5.56. The summed E-state index contributed by atoms with van der Waals surface area (Å²) < 4.78 is 7.59. The maximum absolute atomic E-state index is 5.90. The van der Waals surface area contributed by atoms with Crippen LogP contribution in [0.5, 0.6) is 5.75 Å². The number of methoxy groups -OCH3 is 1. The molecule has 3 aromatic heterocycles. The van der Waals surface area contributed by atoms with Crippen LogP contribution in [0.3, 0.4) is 0 Å². The Labute approximate surface area is 193 Å². The standard InChI is InChI=1S/C24H30N8O/c1-3-4-9-28-23-22-20(30-24(25)31-23)15-29-32(22)16-19-6-5-18(12-21(19)33-2)14-27-13-17-7-10-26-11-8-17/h5-8,10-12,15,27H,3-4,9,13-14,16H2,1-2H3,(H3,25,28,30,31). The van der Waals surface area contributed by atoms with Crippen molar-refractivity contribution in [3.63, 3.8) is 0 Å². The molecule has 4 rings (SSSR count). The molecule has 0 aliphatic carbocycles. The monoisotopic (exact) mass is 446 g/mol. The summed E-state index contributed by atoms with van der Waals surface area (Å²) in [6.45, 7) is 5.02. The van der Waals surface area contributed by atoms with E-state index in [0.717, 1.165) is 60.4 Å². The smallest absolute Gasteiger partial charge is 0.222 e. The van der Waals surface area contributed by atoms with Crippen molar-refractivity contribution >= 4 is 22.8 Å². The van der Waals surface area contributed by atoms with Crippen LogP contribution >= 0.6 is 0 Å². The molecule has 172 valence electrons. The summed E-state index contributed by atoms with van der Waals surface area (Å²) in [5.41, 5.74) is 10.8. The molecule has 0 aliphatic rings. The van der Waals surface area contributed by atoms with Gasteiger partial charge in [0.25, 0.3) is 0 Å². The second-order valence-electron chi connectivity index (χ2n) is 7.85. The van der Waals surface area contributed by atoms with Crippen LogP contribution < -0.4 is 21.1 Å². The van der Waals surface area contributed by atoms with Gasteiger partial charge in [-0.2, -0.15) is 10.1 Å². The number of pyridine rings is 1. The molecule has 0 unspecified atom stereocenters. The van der Waals surface area contributed by atoms with E-state index in [-0.39, 0.29) is 5.95 Å². The molecule has 9 nitrogen and oxygen atoms in total. The third-order valence-electron chi connectivity index (χ3n) is 5.41. The van der Waals surface area contributed by atoms with Crippen molar-refractivity contribution in [2.75, 3.05) is 24.7 Å². The van der Waals surface area contributed by atoms with E-state index in [2.05, 4.69) is 55.8 Å². The van der Waals surface area contributed by atoms with Crippen LogP contribution in [0, 0.1) is 0 Å². The summed E-state index contributed by atoms with van der Waals surface area (Å²) in [6, 6.07) is 10.3. The molecule has 0 fully saturated rings. The van der Waals surface area contributed by atoms with E-state index in [4.69, 9.17) is 10.5 Å². The van der Waals surface area contributed by atoms with Gasteiger partial charge < -0.3 is 21.1 Å². The molecular weight excluding hydrogens is 416 g/mol. The fraction of sp³-hybridized carbons (Fsp3) is 0.333. The van der Waals surface area contributed by atoms with Crippen LogP contribution in [0.2, 0.25) is 0 Å². The van der Waals surface area contributed by atoms with Crippen LogP contribution in [-0.2, 0) is 19.6 Å². The van der Waals surface area contributed by atoms with Gasteiger partial charge in [0.05, 0.1) is 19.9 Å². The fourth-order valence-electron chi connectivity index (χ4n) is 3.69. The van der Waals surface area contributed by atoms with Gasteiger partial charge in [0.2, 0.25) is 5.95 Å². The van der Waals surface area contributed by atoms with E-state index in [1.54, 1.807) is 25.7 Å². The molecule has 0 saturated heterocycles. The van der Waals surface area contributed by atoms with Crippen LogP contribution in [0.1, 0.15) is 36.5 Å². The van der Waals surface area contributed by atoms with Crippen LogP contribution in [0.4, 0.5) is 11.8 Å². The lowest BCUT2D eigenvalue weighted by Gasteiger charge is -2.13. The Morgan fingerprint density at radius 1 is 1.06 bits per heavy atom. The van der Waals surface area contributed by atoms with Crippen LogP contribution in [0.25, 0.3) is 11.0 Å². The Hall–Kier alpha value is -3.72. The number of anilines is 2. The van der Waals surface area contributed by atoms with Gasteiger partial charge in [-0.3, -0.25) is 9.67 Å². The molecule has 0 amide bonds. The number of hydrogen-bond donors (Lipinski definition) is 3. The van der Waals surface area contributed by atoms with Gasteiger partial charge in [0.15, 0.2) is 5.82 Å². The van der Waals surface area contributed by atoms with Crippen molar-refractivity contribution in [2.45, 2.75) is 39.4 Å². The molecule has 33 heavy (non-hydrogen) atoms. The highest BCUT2D eigenvalue weighted by molar-refractivity contribution is 5.86. The first-order valence-corrected chi connectivity index (χ1v) is 11.2. The largest absolute Gasteiger partial charge is 0.496 e. The number of nitrogen functional groups attached to an aromatic ring is 1. The number of ether oxygens (including phenoxy) is 1. The highest BCUT2D eigenvalue weighted by Crippen LogP contribution is 2.26. The summed E-state index contributed by atoms with van der Waals surface area (Å²) in [5.74, 6) is 1.76. The van der Waals surface area contributed by atoms with E-state index < -0.39 is 0 Å². The maximum atomic E-state index is 5.90. The van der Waals surface area contributed by atoms with Gasteiger partial charge in [0, 0.05) is 37.6 Å². The minimum atomic E-state index is 0.238. The Morgan fingerprint density at radius 2 is 1.88 bits per heavy atom. The Balaban J connectivity index is 1.51. The molecule has 0 saturated carbocycles. The minimum Gasteiger partial charge on any atom is -0.496 e. The number of nitrogens with two attached hydrogens (primary N) is 1. The van der Waals surface area contributed by atoms with Crippen molar-refractivity contribution < 1.29 is 4.74 Å². The predicted molar refractivity (Wildman–Crippen MR) is 130 cm³/mol. The second-order valence-corrected chi connectivity index (χ2v) is 7.85. The van der Waals surface area contributed by atoms with Gasteiger partial charge in [-0.05, 0) is 35.7 Å². The molecule has 9 heteroatoms. The van der Waals surface area contributed by atoms with E-state index in [1.807, 2.05) is 16.8 Å². The van der Waals surface area contributed by atoms with Gasteiger partial charge in [-0.15, -0.1) is 0 Å². The quantitative estimate of drug-likeness (QED) is 0.300. The van der Waals surface area contributed by atoms with Gasteiger partial charge in [-0.1, -0.05) is 25.5 Å². The van der Waals surface area contributed by atoms with E-state index in [1.165, 1.54) is 5.56 Å². The Bertz CT molecular complexity index is 1190. The van der Waals surface area contributed by atoms with Crippen molar-refractivity contribution in [1.82, 2.24) is 30.0 Å². The zero-order valence-corrected chi connectivity index (χ0v) is 19.1. The summed E-state index contributed by atoms with van der Waals surface area (Å²) >= 11 is 0. The molecule has 3 heterocycles. The predicted octanol–water partition coefficient (Wildman–Crippen LogP) is 3.36. The lowest BCUT2D eigenvalue weighted by molar-refractivity contribution is 0.407. The summed E-state index contributed by atoms with van der Waals surface area (Å²) in [6.07, 6.45) is 7.47. The SMILES string of the molecule is CCCCNc1nc(N)nc2cnn(Cc3ccc(CNCc4ccncc4)cc3OC)c12. The first-order valence-electron chi connectivity index (χ1n) is 11.2. The third-order valence-corrected chi connectivity index (χ3v) is 5.41. The Morgan fingerprint density at radius 3 is 2.67 bits per heavy atom. The second kappa shape index (κ2) is 10.7. The molecule has 4 N–H and O–H groups in total. The molecule has 0 atom stereocenters.